The van der Waals surface area contributed by atoms with E-state index in [1.807, 2.05) is 24.3 Å². The molecule has 3 aromatic rings. The summed E-state index contributed by atoms with van der Waals surface area (Å²) in [7, 11) is 6.66. The maximum Gasteiger partial charge on any atom is 0.203 e. The van der Waals surface area contributed by atoms with Crippen LogP contribution in [-0.4, -0.2) is 64.4 Å². The lowest BCUT2D eigenvalue weighted by molar-refractivity contribution is 0.121. The van der Waals surface area contributed by atoms with Gasteiger partial charge in [-0.3, -0.25) is 9.80 Å². The molecule has 0 N–H and O–H groups in total. The van der Waals surface area contributed by atoms with Gasteiger partial charge in [0.2, 0.25) is 5.75 Å². The van der Waals surface area contributed by atoms with Crippen molar-refractivity contribution in [3.05, 3.63) is 71.3 Å². The normalized spacial score (nSPS) is 14.5. The second kappa shape index (κ2) is 11.5. The average Bonchev–Trinajstić information content (AvgIpc) is 2.90. The Morgan fingerprint density at radius 2 is 1.29 bits per heavy atom. The van der Waals surface area contributed by atoms with Crippen molar-refractivity contribution in [1.82, 2.24) is 9.80 Å². The van der Waals surface area contributed by atoms with Crippen LogP contribution >= 0.6 is 0 Å². The van der Waals surface area contributed by atoms with E-state index in [2.05, 4.69) is 47.1 Å². The first-order valence-corrected chi connectivity index (χ1v) is 12.0. The summed E-state index contributed by atoms with van der Waals surface area (Å²) in [4.78, 5) is 5.03. The van der Waals surface area contributed by atoms with Gasteiger partial charge in [-0.2, -0.15) is 0 Å². The fourth-order valence-electron chi connectivity index (χ4n) is 4.66. The predicted octanol–water partition coefficient (Wildman–Crippen LogP) is 5.01. The van der Waals surface area contributed by atoms with Crippen molar-refractivity contribution in [3.63, 3.8) is 0 Å². The Bertz CT molecular complexity index is 1110. The van der Waals surface area contributed by atoms with Gasteiger partial charge < -0.3 is 18.9 Å². The van der Waals surface area contributed by atoms with Crippen molar-refractivity contribution in [2.75, 3.05) is 54.6 Å². The summed E-state index contributed by atoms with van der Waals surface area (Å²) in [5, 5.41) is 0. The summed E-state index contributed by atoms with van der Waals surface area (Å²) >= 11 is 0. The summed E-state index contributed by atoms with van der Waals surface area (Å²) in [6, 6.07) is 19.1. The minimum Gasteiger partial charge on any atom is -0.497 e. The Kier molecular flexibility index (Phi) is 8.16. The molecule has 3 aromatic carbocycles. The Balaban J connectivity index is 1.39. The van der Waals surface area contributed by atoms with Crippen LogP contribution in [0.1, 0.15) is 16.7 Å². The van der Waals surface area contributed by atoms with Gasteiger partial charge in [-0.15, -0.1) is 0 Å². The smallest absolute Gasteiger partial charge is 0.203 e. The fourth-order valence-corrected chi connectivity index (χ4v) is 4.66. The van der Waals surface area contributed by atoms with Crippen molar-refractivity contribution in [1.29, 1.82) is 0 Å². The predicted molar refractivity (Wildman–Crippen MR) is 140 cm³/mol. The highest BCUT2D eigenvalue weighted by atomic mass is 16.5. The largest absolute Gasteiger partial charge is 0.497 e. The van der Waals surface area contributed by atoms with Crippen LogP contribution in [-0.2, 0) is 13.1 Å². The number of rotatable bonds is 9. The van der Waals surface area contributed by atoms with Gasteiger partial charge >= 0.3 is 0 Å². The van der Waals surface area contributed by atoms with Crippen molar-refractivity contribution in [2.45, 2.75) is 20.0 Å². The summed E-state index contributed by atoms with van der Waals surface area (Å²) in [5.74, 6) is 2.92. The zero-order chi connectivity index (χ0) is 24.8. The lowest BCUT2D eigenvalue weighted by Crippen LogP contribution is -2.45. The van der Waals surface area contributed by atoms with E-state index in [0.29, 0.717) is 17.2 Å². The number of hydrogen-bond donors (Lipinski definition) is 0. The Labute approximate surface area is 209 Å². The van der Waals surface area contributed by atoms with Gasteiger partial charge in [0, 0.05) is 39.3 Å². The lowest BCUT2D eigenvalue weighted by atomic mass is 9.99. The van der Waals surface area contributed by atoms with E-state index in [9.17, 15) is 0 Å². The molecule has 0 unspecified atom stereocenters. The maximum absolute atomic E-state index is 5.52. The number of ether oxygens (including phenoxy) is 4. The molecule has 4 rings (SSSR count). The van der Waals surface area contributed by atoms with E-state index in [4.69, 9.17) is 18.9 Å². The van der Waals surface area contributed by atoms with Crippen molar-refractivity contribution < 1.29 is 18.9 Å². The first-order chi connectivity index (χ1) is 17.0. The molecule has 1 saturated heterocycles. The van der Waals surface area contributed by atoms with E-state index >= 15 is 0 Å². The molecule has 6 nitrogen and oxygen atoms in total. The molecule has 0 saturated carbocycles. The highest BCUT2D eigenvalue weighted by Gasteiger charge is 2.20. The molecule has 0 atom stereocenters. The number of hydrogen-bond acceptors (Lipinski definition) is 6. The van der Waals surface area contributed by atoms with E-state index < -0.39 is 0 Å². The number of piperazine rings is 1. The summed E-state index contributed by atoms with van der Waals surface area (Å²) in [6.07, 6.45) is 0. The molecule has 6 heteroatoms. The third-order valence-corrected chi connectivity index (χ3v) is 6.74. The molecule has 186 valence electrons. The third kappa shape index (κ3) is 5.89. The molecule has 1 heterocycles. The van der Waals surface area contributed by atoms with E-state index in [-0.39, 0.29) is 0 Å². The molecule has 0 amide bonds. The van der Waals surface area contributed by atoms with Gasteiger partial charge in [-0.25, -0.2) is 0 Å². The van der Waals surface area contributed by atoms with Crippen LogP contribution in [0.3, 0.4) is 0 Å². The fraction of sp³-hybridized carbons (Fsp3) is 0.379. The monoisotopic (exact) mass is 476 g/mol. The van der Waals surface area contributed by atoms with Gasteiger partial charge in [-0.05, 0) is 65.1 Å². The van der Waals surface area contributed by atoms with Crippen LogP contribution in [0.5, 0.6) is 23.0 Å². The highest BCUT2D eigenvalue weighted by Crippen LogP contribution is 2.38. The number of nitrogens with zero attached hydrogens (tertiary/aromatic N) is 2. The Morgan fingerprint density at radius 3 is 1.89 bits per heavy atom. The minimum absolute atomic E-state index is 0.634. The molecular weight excluding hydrogens is 440 g/mol. The summed E-state index contributed by atoms with van der Waals surface area (Å²) < 4.78 is 21.9. The van der Waals surface area contributed by atoms with Gasteiger partial charge in [0.25, 0.3) is 0 Å². The molecule has 1 aliphatic rings. The van der Waals surface area contributed by atoms with Crippen LogP contribution in [0.15, 0.2) is 54.6 Å². The summed E-state index contributed by atoms with van der Waals surface area (Å²) in [6.45, 7) is 8.12. The van der Waals surface area contributed by atoms with Crippen molar-refractivity contribution in [2.24, 2.45) is 0 Å². The highest BCUT2D eigenvalue weighted by molar-refractivity contribution is 5.66. The Morgan fingerprint density at radius 1 is 0.657 bits per heavy atom. The zero-order valence-corrected chi connectivity index (χ0v) is 21.5. The number of aryl methyl sites for hydroxylation is 1. The number of methoxy groups -OCH3 is 4. The molecule has 0 bridgehead atoms. The maximum atomic E-state index is 5.52. The quantitative estimate of drug-likeness (QED) is 0.432. The van der Waals surface area contributed by atoms with Crippen molar-refractivity contribution in [3.8, 4) is 34.1 Å². The lowest BCUT2D eigenvalue weighted by Gasteiger charge is -2.35. The Hall–Kier alpha value is -3.22. The molecule has 1 aliphatic heterocycles. The standard InChI is InChI=1S/C29H36N2O4/c1-21-9-10-24(23-7-6-8-26(18-23)32-2)17-25(21)20-31-13-11-30(12-14-31)19-22-15-27(33-3)29(35-5)28(16-22)34-4/h6-10,15-18H,11-14,19-20H2,1-5H3. The molecule has 0 radical (unpaired) electrons. The van der Waals surface area contributed by atoms with Gasteiger partial charge in [0.1, 0.15) is 5.75 Å². The van der Waals surface area contributed by atoms with E-state index in [0.717, 1.165) is 50.6 Å². The first kappa shape index (κ1) is 24.9. The van der Waals surface area contributed by atoms with Gasteiger partial charge in [0.05, 0.1) is 28.4 Å². The molecule has 35 heavy (non-hydrogen) atoms. The minimum atomic E-state index is 0.634. The van der Waals surface area contributed by atoms with Crippen LogP contribution in [0.25, 0.3) is 11.1 Å². The topological polar surface area (TPSA) is 43.4 Å². The number of benzene rings is 3. The van der Waals surface area contributed by atoms with Crippen LogP contribution < -0.4 is 18.9 Å². The SMILES string of the molecule is COc1cccc(-c2ccc(C)c(CN3CCN(Cc4cc(OC)c(OC)c(OC)c4)CC3)c2)c1. The van der Waals surface area contributed by atoms with Gasteiger partial charge in [-0.1, -0.05) is 24.3 Å². The third-order valence-electron chi connectivity index (χ3n) is 6.74. The summed E-state index contributed by atoms with van der Waals surface area (Å²) in [5.41, 5.74) is 6.28. The second-order valence-corrected chi connectivity index (χ2v) is 8.96. The van der Waals surface area contributed by atoms with E-state index in [1.165, 1.54) is 22.3 Å². The van der Waals surface area contributed by atoms with Crippen LogP contribution in [0.2, 0.25) is 0 Å². The van der Waals surface area contributed by atoms with E-state index in [1.54, 1.807) is 28.4 Å². The molecule has 0 spiro atoms. The molecular formula is C29H36N2O4. The van der Waals surface area contributed by atoms with Crippen LogP contribution in [0.4, 0.5) is 0 Å². The van der Waals surface area contributed by atoms with Crippen LogP contribution in [0, 0.1) is 6.92 Å². The zero-order valence-electron chi connectivity index (χ0n) is 21.5. The first-order valence-electron chi connectivity index (χ1n) is 12.0. The second-order valence-electron chi connectivity index (χ2n) is 8.96. The average molecular weight is 477 g/mol. The molecule has 0 aliphatic carbocycles. The molecule has 0 aromatic heterocycles. The molecule has 1 fully saturated rings. The van der Waals surface area contributed by atoms with Gasteiger partial charge in [0.15, 0.2) is 11.5 Å². The van der Waals surface area contributed by atoms with Crippen molar-refractivity contribution >= 4 is 0 Å².